The van der Waals surface area contributed by atoms with E-state index in [1.165, 1.54) is 12.1 Å². The molecule has 2 aromatic rings. The highest BCUT2D eigenvalue weighted by Crippen LogP contribution is 2.19. The summed E-state index contributed by atoms with van der Waals surface area (Å²) in [4.78, 5) is 3.97. The summed E-state index contributed by atoms with van der Waals surface area (Å²) in [6, 6.07) is 7.92. The van der Waals surface area contributed by atoms with Crippen molar-refractivity contribution < 1.29 is 9.60 Å². The van der Waals surface area contributed by atoms with Crippen molar-refractivity contribution in [3.63, 3.8) is 0 Å². The molecule has 1 aromatic carbocycles. The van der Waals surface area contributed by atoms with Crippen LogP contribution in [-0.4, -0.2) is 16.0 Å². The van der Waals surface area contributed by atoms with Gasteiger partial charge in [0.2, 0.25) is 0 Å². The number of oxime groups is 1. The van der Waals surface area contributed by atoms with Gasteiger partial charge >= 0.3 is 0 Å². The summed E-state index contributed by atoms with van der Waals surface area (Å²) in [5, 5.41) is 14.6. The molecule has 104 valence electrons. The van der Waals surface area contributed by atoms with Crippen LogP contribution in [0.4, 0.5) is 10.1 Å². The maximum absolute atomic E-state index is 13.3. The number of nitrogens with one attached hydrogen (secondary N) is 1. The first-order valence-corrected chi connectivity index (χ1v) is 6.09. The molecule has 0 unspecified atom stereocenters. The summed E-state index contributed by atoms with van der Waals surface area (Å²) in [6.07, 6.45) is 1.55. The molecule has 0 aliphatic heterocycles. The highest BCUT2D eigenvalue weighted by Gasteiger charge is 2.04. The van der Waals surface area contributed by atoms with Crippen LogP contribution in [0.25, 0.3) is 0 Å². The third-order valence-electron chi connectivity index (χ3n) is 2.61. The Morgan fingerprint density at radius 2 is 2.20 bits per heavy atom. The SMILES string of the molecule is NC(=NO)c1cc(CNc2ccc(Cl)c(F)c2)ccn1. The molecule has 1 aromatic heterocycles. The molecule has 0 bridgehead atoms. The number of pyridine rings is 1. The van der Waals surface area contributed by atoms with Crippen molar-refractivity contribution in [3.05, 3.63) is 58.6 Å². The number of aromatic nitrogens is 1. The zero-order chi connectivity index (χ0) is 14.5. The molecule has 0 saturated carbocycles. The quantitative estimate of drug-likeness (QED) is 0.350. The Kier molecular flexibility index (Phi) is 4.37. The molecule has 1 heterocycles. The monoisotopic (exact) mass is 294 g/mol. The van der Waals surface area contributed by atoms with Gasteiger partial charge in [0.25, 0.3) is 0 Å². The molecule has 0 fully saturated rings. The first-order valence-electron chi connectivity index (χ1n) is 5.72. The summed E-state index contributed by atoms with van der Waals surface area (Å²) in [6.45, 7) is 0.440. The number of anilines is 1. The van der Waals surface area contributed by atoms with E-state index < -0.39 is 5.82 Å². The van der Waals surface area contributed by atoms with Crippen molar-refractivity contribution in [2.45, 2.75) is 6.54 Å². The average molecular weight is 295 g/mol. The lowest BCUT2D eigenvalue weighted by Crippen LogP contribution is -2.15. The van der Waals surface area contributed by atoms with Crippen molar-refractivity contribution in [2.75, 3.05) is 5.32 Å². The van der Waals surface area contributed by atoms with Gasteiger partial charge < -0.3 is 16.3 Å². The molecule has 0 spiro atoms. The van der Waals surface area contributed by atoms with Gasteiger partial charge in [-0.15, -0.1) is 0 Å². The largest absolute Gasteiger partial charge is 0.409 e. The first-order chi connectivity index (χ1) is 9.60. The number of hydrogen-bond acceptors (Lipinski definition) is 4. The lowest BCUT2D eigenvalue weighted by molar-refractivity contribution is 0.318. The molecule has 0 amide bonds. The third kappa shape index (κ3) is 3.36. The molecule has 2 rings (SSSR count). The van der Waals surface area contributed by atoms with Gasteiger partial charge in [0.05, 0.1) is 5.02 Å². The topological polar surface area (TPSA) is 83.5 Å². The molecule has 20 heavy (non-hydrogen) atoms. The molecule has 5 nitrogen and oxygen atoms in total. The molecule has 0 aliphatic rings. The fraction of sp³-hybridized carbons (Fsp3) is 0.0769. The second kappa shape index (κ2) is 6.21. The van der Waals surface area contributed by atoms with Crippen molar-refractivity contribution in [3.8, 4) is 0 Å². The van der Waals surface area contributed by atoms with Gasteiger partial charge in [-0.05, 0) is 35.9 Å². The van der Waals surface area contributed by atoms with E-state index in [-0.39, 0.29) is 10.9 Å². The Hall–Kier alpha value is -2.34. The van der Waals surface area contributed by atoms with Crippen molar-refractivity contribution in [2.24, 2.45) is 10.9 Å². The van der Waals surface area contributed by atoms with Crippen LogP contribution in [0.1, 0.15) is 11.3 Å². The fourth-order valence-corrected chi connectivity index (χ4v) is 1.70. The Morgan fingerprint density at radius 3 is 2.90 bits per heavy atom. The lowest BCUT2D eigenvalue weighted by Gasteiger charge is -2.08. The van der Waals surface area contributed by atoms with E-state index in [1.54, 1.807) is 24.4 Å². The van der Waals surface area contributed by atoms with Gasteiger partial charge in [0, 0.05) is 18.4 Å². The lowest BCUT2D eigenvalue weighted by atomic mass is 10.2. The summed E-state index contributed by atoms with van der Waals surface area (Å²) < 4.78 is 13.3. The highest BCUT2D eigenvalue weighted by atomic mass is 35.5. The van der Waals surface area contributed by atoms with E-state index in [0.29, 0.717) is 17.9 Å². The second-order valence-electron chi connectivity index (χ2n) is 4.02. The first kappa shape index (κ1) is 14.1. The molecule has 4 N–H and O–H groups in total. The van der Waals surface area contributed by atoms with Gasteiger partial charge in [-0.25, -0.2) is 4.39 Å². The van der Waals surface area contributed by atoms with E-state index in [9.17, 15) is 4.39 Å². The van der Waals surface area contributed by atoms with Gasteiger partial charge in [0.15, 0.2) is 5.84 Å². The van der Waals surface area contributed by atoms with E-state index in [4.69, 9.17) is 22.5 Å². The van der Waals surface area contributed by atoms with Crippen LogP contribution in [0.3, 0.4) is 0 Å². The smallest absolute Gasteiger partial charge is 0.188 e. The Labute approximate surface area is 119 Å². The Balaban J connectivity index is 2.09. The molecule has 7 heteroatoms. The van der Waals surface area contributed by atoms with E-state index in [1.807, 2.05) is 0 Å². The standard InChI is InChI=1S/C13H12ClFN4O/c14-10-2-1-9(6-11(10)15)18-7-8-3-4-17-12(5-8)13(16)19-20/h1-6,18,20H,7H2,(H2,16,19). The van der Waals surface area contributed by atoms with Crippen LogP contribution in [0.15, 0.2) is 41.7 Å². The molecule has 0 radical (unpaired) electrons. The summed E-state index contributed by atoms with van der Waals surface area (Å²) in [5.74, 6) is -0.548. The fourth-order valence-electron chi connectivity index (χ4n) is 1.59. The Bertz CT molecular complexity index is 648. The van der Waals surface area contributed by atoms with Crippen LogP contribution in [0.2, 0.25) is 5.02 Å². The van der Waals surface area contributed by atoms with E-state index >= 15 is 0 Å². The molecular formula is C13H12ClFN4O. The van der Waals surface area contributed by atoms with Crippen LogP contribution >= 0.6 is 11.6 Å². The highest BCUT2D eigenvalue weighted by molar-refractivity contribution is 6.30. The minimum absolute atomic E-state index is 0.0654. The molecule has 0 saturated heterocycles. The summed E-state index contributed by atoms with van der Waals surface area (Å²) >= 11 is 5.61. The van der Waals surface area contributed by atoms with Crippen LogP contribution in [-0.2, 0) is 6.54 Å². The summed E-state index contributed by atoms with van der Waals surface area (Å²) in [5.41, 5.74) is 7.29. The zero-order valence-corrected chi connectivity index (χ0v) is 11.1. The third-order valence-corrected chi connectivity index (χ3v) is 2.92. The normalized spacial score (nSPS) is 11.4. The minimum Gasteiger partial charge on any atom is -0.409 e. The predicted octanol–water partition coefficient (Wildman–Crippen LogP) is 2.58. The second-order valence-corrected chi connectivity index (χ2v) is 4.42. The van der Waals surface area contributed by atoms with E-state index in [0.717, 1.165) is 5.56 Å². The van der Waals surface area contributed by atoms with E-state index in [2.05, 4.69) is 15.5 Å². The van der Waals surface area contributed by atoms with Crippen molar-refractivity contribution in [1.29, 1.82) is 0 Å². The molecule has 0 atom stereocenters. The van der Waals surface area contributed by atoms with Gasteiger partial charge in [-0.1, -0.05) is 16.8 Å². The van der Waals surface area contributed by atoms with Crippen LogP contribution in [0.5, 0.6) is 0 Å². The van der Waals surface area contributed by atoms with Crippen molar-refractivity contribution in [1.82, 2.24) is 4.98 Å². The number of rotatable bonds is 4. The number of nitrogens with two attached hydrogens (primary N) is 1. The van der Waals surface area contributed by atoms with Gasteiger partial charge in [0.1, 0.15) is 11.5 Å². The predicted molar refractivity (Wildman–Crippen MR) is 75.5 cm³/mol. The van der Waals surface area contributed by atoms with Gasteiger partial charge in [-0.3, -0.25) is 4.98 Å². The average Bonchev–Trinajstić information content (AvgIpc) is 2.48. The molecule has 0 aliphatic carbocycles. The zero-order valence-electron chi connectivity index (χ0n) is 10.3. The van der Waals surface area contributed by atoms with Crippen LogP contribution < -0.4 is 11.1 Å². The maximum Gasteiger partial charge on any atom is 0.188 e. The number of nitrogens with zero attached hydrogens (tertiary/aromatic N) is 2. The minimum atomic E-state index is -0.483. The van der Waals surface area contributed by atoms with Crippen LogP contribution in [0, 0.1) is 5.82 Å². The van der Waals surface area contributed by atoms with Gasteiger partial charge in [-0.2, -0.15) is 0 Å². The van der Waals surface area contributed by atoms with Crippen molar-refractivity contribution >= 4 is 23.1 Å². The maximum atomic E-state index is 13.3. The molecular weight excluding hydrogens is 283 g/mol. The Morgan fingerprint density at radius 1 is 1.40 bits per heavy atom. The summed E-state index contributed by atoms with van der Waals surface area (Å²) in [7, 11) is 0. The number of amidine groups is 1. The number of halogens is 2. The number of hydrogen-bond donors (Lipinski definition) is 3. The number of benzene rings is 1.